The second-order valence-electron chi connectivity index (χ2n) is 3.17. The van der Waals surface area contributed by atoms with E-state index in [4.69, 9.17) is 20.3 Å². The third-order valence-electron chi connectivity index (χ3n) is 2.08. The first-order valence-corrected chi connectivity index (χ1v) is 6.51. The van der Waals surface area contributed by atoms with Crippen molar-refractivity contribution in [1.29, 1.82) is 0 Å². The van der Waals surface area contributed by atoms with Gasteiger partial charge in [-0.2, -0.15) is 0 Å². The lowest BCUT2D eigenvalue weighted by molar-refractivity contribution is 0.275. The van der Waals surface area contributed by atoms with E-state index in [0.717, 1.165) is 25.3 Å². The van der Waals surface area contributed by atoms with E-state index < -0.39 is 9.28 Å². The molecule has 5 heteroatoms. The van der Waals surface area contributed by atoms with Crippen LogP contribution in [0.3, 0.4) is 0 Å². The lowest BCUT2D eigenvalue weighted by atomic mass is 10.1. The summed E-state index contributed by atoms with van der Waals surface area (Å²) in [6.45, 7) is 0.677. The summed E-state index contributed by atoms with van der Waals surface area (Å²) in [7, 11) is 2.06. The van der Waals surface area contributed by atoms with Crippen LogP contribution in [0.5, 0.6) is 0 Å². The van der Waals surface area contributed by atoms with Gasteiger partial charge in [-0.1, -0.05) is 6.42 Å². The van der Waals surface area contributed by atoms with Crippen LogP contribution in [0, 0.1) is 0 Å². The van der Waals surface area contributed by atoms with Gasteiger partial charge in [0.15, 0.2) is 0 Å². The Kier molecular flexibility index (Phi) is 8.68. The zero-order valence-corrected chi connectivity index (χ0v) is 9.82. The van der Waals surface area contributed by atoms with Crippen molar-refractivity contribution in [3.8, 4) is 0 Å². The summed E-state index contributed by atoms with van der Waals surface area (Å²) in [5.74, 6) is 0. The van der Waals surface area contributed by atoms with Crippen molar-refractivity contribution in [1.82, 2.24) is 0 Å². The van der Waals surface area contributed by atoms with Crippen LogP contribution in [-0.2, 0) is 8.85 Å². The van der Waals surface area contributed by atoms with Crippen LogP contribution in [0.15, 0.2) is 0 Å². The van der Waals surface area contributed by atoms with E-state index >= 15 is 0 Å². The highest BCUT2D eigenvalue weighted by atomic mass is 28.3. The average Bonchev–Trinajstić information content (AvgIpc) is 2.13. The van der Waals surface area contributed by atoms with Crippen LogP contribution >= 0.6 is 0 Å². The summed E-state index contributed by atoms with van der Waals surface area (Å²) in [5.41, 5.74) is 11.2. The quantitative estimate of drug-likeness (QED) is 0.547. The van der Waals surface area contributed by atoms with Crippen LogP contribution in [0.4, 0.5) is 0 Å². The van der Waals surface area contributed by atoms with E-state index in [-0.39, 0.29) is 6.04 Å². The molecular formula is C8H22N2O2Si. The topological polar surface area (TPSA) is 70.5 Å². The van der Waals surface area contributed by atoms with Gasteiger partial charge in [0.25, 0.3) is 0 Å². The summed E-state index contributed by atoms with van der Waals surface area (Å²) >= 11 is 0. The highest BCUT2D eigenvalue weighted by molar-refractivity contribution is 6.44. The van der Waals surface area contributed by atoms with Crippen LogP contribution in [0.2, 0.25) is 6.04 Å². The van der Waals surface area contributed by atoms with Crippen LogP contribution < -0.4 is 11.5 Å². The molecule has 1 atom stereocenters. The van der Waals surface area contributed by atoms with Crippen molar-refractivity contribution in [2.75, 3.05) is 20.8 Å². The fraction of sp³-hybridized carbons (Fsp3) is 1.00. The molecule has 0 aromatic carbocycles. The Bertz CT molecular complexity index is 112. The fourth-order valence-corrected chi connectivity index (χ4v) is 2.47. The lowest BCUT2D eigenvalue weighted by Crippen LogP contribution is -2.25. The van der Waals surface area contributed by atoms with Gasteiger partial charge in [0, 0.05) is 20.3 Å². The molecule has 1 unspecified atom stereocenters. The highest BCUT2D eigenvalue weighted by Gasteiger charge is 2.09. The normalized spacial score (nSPS) is 13.6. The van der Waals surface area contributed by atoms with Crippen molar-refractivity contribution in [2.24, 2.45) is 11.5 Å². The summed E-state index contributed by atoms with van der Waals surface area (Å²) in [6, 6.07) is 1.28. The molecule has 0 saturated heterocycles. The molecule has 0 amide bonds. The van der Waals surface area contributed by atoms with E-state index in [1.54, 1.807) is 14.2 Å². The Morgan fingerprint density at radius 3 is 2.31 bits per heavy atom. The second kappa shape index (κ2) is 8.65. The van der Waals surface area contributed by atoms with Gasteiger partial charge in [-0.25, -0.2) is 0 Å². The van der Waals surface area contributed by atoms with Gasteiger partial charge in [0.2, 0.25) is 0 Å². The highest BCUT2D eigenvalue weighted by Crippen LogP contribution is 2.06. The first-order valence-electron chi connectivity index (χ1n) is 4.75. The molecule has 0 aromatic heterocycles. The Morgan fingerprint density at radius 2 is 1.85 bits per heavy atom. The molecule has 0 spiro atoms. The molecule has 0 aliphatic heterocycles. The molecule has 0 rings (SSSR count). The molecule has 80 valence electrons. The molecule has 0 aliphatic rings. The van der Waals surface area contributed by atoms with Gasteiger partial charge in [-0.3, -0.25) is 0 Å². The SMILES string of the molecule is CO[SiH](CCCC(N)CCN)OC. The number of rotatable bonds is 8. The first-order chi connectivity index (χ1) is 6.24. The molecule has 4 nitrogen and oxygen atoms in total. The monoisotopic (exact) mass is 206 g/mol. The van der Waals surface area contributed by atoms with Crippen LogP contribution in [0.25, 0.3) is 0 Å². The zero-order chi connectivity index (χ0) is 10.1. The van der Waals surface area contributed by atoms with E-state index in [9.17, 15) is 0 Å². The maximum Gasteiger partial charge on any atom is 0.320 e. The Morgan fingerprint density at radius 1 is 1.23 bits per heavy atom. The predicted molar refractivity (Wildman–Crippen MR) is 56.9 cm³/mol. The zero-order valence-electron chi connectivity index (χ0n) is 8.66. The average molecular weight is 206 g/mol. The molecule has 0 fully saturated rings. The second-order valence-corrected chi connectivity index (χ2v) is 5.55. The minimum atomic E-state index is -1.36. The van der Waals surface area contributed by atoms with Crippen molar-refractivity contribution in [3.63, 3.8) is 0 Å². The largest absolute Gasteiger partial charge is 0.400 e. The summed E-state index contributed by atoms with van der Waals surface area (Å²) in [4.78, 5) is 0. The Balaban J connectivity index is 3.32. The number of hydrogen-bond acceptors (Lipinski definition) is 4. The molecule has 0 aromatic rings. The van der Waals surface area contributed by atoms with Crippen LogP contribution in [-0.4, -0.2) is 36.1 Å². The molecule has 0 radical (unpaired) electrons. The summed E-state index contributed by atoms with van der Waals surface area (Å²) in [6.07, 6.45) is 3.01. The van der Waals surface area contributed by atoms with E-state index in [2.05, 4.69) is 0 Å². The minimum Gasteiger partial charge on any atom is -0.400 e. The molecule has 13 heavy (non-hydrogen) atoms. The van der Waals surface area contributed by atoms with E-state index in [1.165, 1.54) is 0 Å². The summed E-state index contributed by atoms with van der Waals surface area (Å²) in [5, 5.41) is 0. The molecule has 0 bridgehead atoms. The minimum absolute atomic E-state index is 0.244. The van der Waals surface area contributed by atoms with Gasteiger partial charge in [0.1, 0.15) is 0 Å². The molecule has 0 heterocycles. The fourth-order valence-electron chi connectivity index (χ4n) is 1.24. The van der Waals surface area contributed by atoms with Crippen molar-refractivity contribution < 1.29 is 8.85 Å². The number of hydrogen-bond donors (Lipinski definition) is 2. The van der Waals surface area contributed by atoms with Gasteiger partial charge >= 0.3 is 9.28 Å². The maximum absolute atomic E-state index is 5.81. The van der Waals surface area contributed by atoms with E-state index in [1.807, 2.05) is 0 Å². The Hall–Kier alpha value is 0.0569. The predicted octanol–water partition coefficient (Wildman–Crippen LogP) is -0.0440. The third-order valence-corrected chi connectivity index (χ3v) is 4.01. The lowest BCUT2D eigenvalue weighted by Gasteiger charge is -2.13. The van der Waals surface area contributed by atoms with Crippen molar-refractivity contribution >= 4 is 9.28 Å². The first kappa shape index (κ1) is 13.1. The third kappa shape index (κ3) is 7.15. The van der Waals surface area contributed by atoms with Crippen LogP contribution in [0.1, 0.15) is 19.3 Å². The van der Waals surface area contributed by atoms with Gasteiger partial charge in [0.05, 0.1) is 0 Å². The molecular weight excluding hydrogens is 184 g/mol. The van der Waals surface area contributed by atoms with Crippen molar-refractivity contribution in [3.05, 3.63) is 0 Å². The van der Waals surface area contributed by atoms with E-state index in [0.29, 0.717) is 6.54 Å². The number of nitrogens with two attached hydrogens (primary N) is 2. The molecule has 4 N–H and O–H groups in total. The molecule has 0 saturated carbocycles. The smallest absolute Gasteiger partial charge is 0.320 e. The van der Waals surface area contributed by atoms with Gasteiger partial charge < -0.3 is 20.3 Å². The standard InChI is InChI=1S/C8H22N2O2Si/c1-11-13(12-2)7-3-4-8(10)5-6-9/h8,13H,3-7,9-10H2,1-2H3. The van der Waals surface area contributed by atoms with Gasteiger partial charge in [-0.15, -0.1) is 0 Å². The summed E-state index contributed by atoms with van der Waals surface area (Å²) < 4.78 is 10.4. The van der Waals surface area contributed by atoms with Gasteiger partial charge in [-0.05, 0) is 25.4 Å². The molecule has 0 aliphatic carbocycles. The Labute approximate surface area is 82.4 Å². The maximum atomic E-state index is 5.81. The van der Waals surface area contributed by atoms with Crippen molar-refractivity contribution in [2.45, 2.75) is 31.3 Å².